The number of ether oxygens (including phenoxy) is 1. The Bertz CT molecular complexity index is 528. The summed E-state index contributed by atoms with van der Waals surface area (Å²) < 4.78 is 5.86. The van der Waals surface area contributed by atoms with Gasteiger partial charge in [0.05, 0.1) is 11.7 Å². The molecule has 21 heavy (non-hydrogen) atoms. The van der Waals surface area contributed by atoms with E-state index in [0.717, 1.165) is 13.0 Å². The normalized spacial score (nSPS) is 25.8. The lowest BCUT2D eigenvalue weighted by Crippen LogP contribution is -2.64. The Kier molecular flexibility index (Phi) is 3.85. The van der Waals surface area contributed by atoms with Crippen molar-refractivity contribution in [2.24, 2.45) is 5.41 Å². The molecule has 0 aromatic carbocycles. The predicted molar refractivity (Wildman–Crippen MR) is 81.4 cm³/mol. The zero-order chi connectivity index (χ0) is 14.9. The number of rotatable bonds is 5. The molecule has 3 rings (SSSR count). The van der Waals surface area contributed by atoms with Crippen LogP contribution in [0.2, 0.25) is 0 Å². The Morgan fingerprint density at radius 2 is 2.33 bits per heavy atom. The maximum absolute atomic E-state index is 11.9. The summed E-state index contributed by atoms with van der Waals surface area (Å²) in [4.78, 5) is 16.3. The number of carbonyl (C=O) groups excluding carboxylic acids is 1. The van der Waals surface area contributed by atoms with Crippen LogP contribution in [-0.2, 0) is 4.74 Å². The van der Waals surface area contributed by atoms with Crippen LogP contribution in [0.1, 0.15) is 43.0 Å². The van der Waals surface area contributed by atoms with Gasteiger partial charge in [-0.2, -0.15) is 0 Å². The molecular weight excluding hydrogens is 266 g/mol. The van der Waals surface area contributed by atoms with E-state index in [1.165, 1.54) is 19.3 Å². The Balaban J connectivity index is 1.75. The van der Waals surface area contributed by atoms with Gasteiger partial charge in [-0.1, -0.05) is 6.42 Å². The quantitative estimate of drug-likeness (QED) is 0.872. The minimum atomic E-state index is -0.103. The highest BCUT2D eigenvalue weighted by molar-refractivity contribution is 5.98. The van der Waals surface area contributed by atoms with E-state index in [1.54, 1.807) is 25.4 Å². The maximum atomic E-state index is 11.9. The third-order valence-corrected chi connectivity index (χ3v) is 5.03. The van der Waals surface area contributed by atoms with Gasteiger partial charge in [-0.3, -0.25) is 4.79 Å². The molecule has 2 fully saturated rings. The van der Waals surface area contributed by atoms with Crippen LogP contribution in [0.25, 0.3) is 0 Å². The first kappa shape index (κ1) is 14.3. The van der Waals surface area contributed by atoms with E-state index < -0.39 is 0 Å². The van der Waals surface area contributed by atoms with Crippen molar-refractivity contribution in [1.82, 2.24) is 10.3 Å². The number of amides is 1. The van der Waals surface area contributed by atoms with E-state index in [0.29, 0.717) is 23.5 Å². The zero-order valence-corrected chi connectivity index (χ0v) is 12.7. The summed E-state index contributed by atoms with van der Waals surface area (Å²) in [5.41, 5.74) is 0.863. The summed E-state index contributed by atoms with van der Waals surface area (Å²) in [5, 5.41) is 6.16. The lowest BCUT2D eigenvalue weighted by molar-refractivity contribution is -0.157. The number of nitrogens with zero attached hydrogens (tertiary/aromatic N) is 1. The summed E-state index contributed by atoms with van der Waals surface area (Å²) in [6.45, 7) is 2.82. The smallest absolute Gasteiger partial charge is 0.254 e. The summed E-state index contributed by atoms with van der Waals surface area (Å²) >= 11 is 0. The van der Waals surface area contributed by atoms with E-state index in [1.807, 2.05) is 0 Å². The molecule has 0 bridgehead atoms. The van der Waals surface area contributed by atoms with Crippen LogP contribution in [0.5, 0.6) is 0 Å². The first-order valence-electron chi connectivity index (χ1n) is 7.76. The van der Waals surface area contributed by atoms with E-state index in [-0.39, 0.29) is 11.3 Å². The van der Waals surface area contributed by atoms with Crippen molar-refractivity contribution in [3.63, 3.8) is 0 Å². The number of pyridine rings is 1. The Hall–Kier alpha value is -1.62. The van der Waals surface area contributed by atoms with Crippen molar-refractivity contribution in [3.05, 3.63) is 23.9 Å². The Morgan fingerprint density at radius 1 is 1.52 bits per heavy atom. The molecule has 1 aromatic heterocycles. The largest absolute Gasteiger partial charge is 0.378 e. The first-order valence-corrected chi connectivity index (χ1v) is 7.76. The minimum absolute atomic E-state index is 0.103. The summed E-state index contributed by atoms with van der Waals surface area (Å²) in [5.74, 6) is 0.581. The zero-order valence-electron chi connectivity index (χ0n) is 12.7. The fourth-order valence-electron chi connectivity index (χ4n) is 3.64. The second-order valence-corrected chi connectivity index (χ2v) is 5.94. The van der Waals surface area contributed by atoms with Gasteiger partial charge >= 0.3 is 0 Å². The Morgan fingerprint density at radius 3 is 2.95 bits per heavy atom. The molecule has 114 valence electrons. The van der Waals surface area contributed by atoms with E-state index in [2.05, 4.69) is 22.5 Å². The van der Waals surface area contributed by atoms with Gasteiger partial charge in [0.15, 0.2) is 0 Å². The van der Waals surface area contributed by atoms with Crippen LogP contribution in [-0.4, -0.2) is 36.7 Å². The third-order valence-electron chi connectivity index (χ3n) is 5.03. The topological polar surface area (TPSA) is 63.2 Å². The molecular formula is C16H23N3O2. The molecule has 0 radical (unpaired) electrons. The van der Waals surface area contributed by atoms with Crippen LogP contribution in [0.15, 0.2) is 18.3 Å². The van der Waals surface area contributed by atoms with Gasteiger partial charge < -0.3 is 15.4 Å². The molecule has 2 atom stereocenters. The van der Waals surface area contributed by atoms with Crippen LogP contribution in [0, 0.1) is 5.41 Å². The number of hydrogen-bond acceptors (Lipinski definition) is 4. The molecule has 2 saturated carbocycles. The van der Waals surface area contributed by atoms with E-state index in [4.69, 9.17) is 4.74 Å². The van der Waals surface area contributed by atoms with Crippen LogP contribution < -0.4 is 10.6 Å². The minimum Gasteiger partial charge on any atom is -0.378 e. The molecule has 0 saturated heterocycles. The second-order valence-electron chi connectivity index (χ2n) is 5.94. The van der Waals surface area contributed by atoms with Gasteiger partial charge in [0.2, 0.25) is 0 Å². The average molecular weight is 289 g/mol. The van der Waals surface area contributed by atoms with Crippen molar-refractivity contribution < 1.29 is 9.53 Å². The van der Waals surface area contributed by atoms with E-state index in [9.17, 15) is 4.79 Å². The number of nitrogens with one attached hydrogen (secondary N) is 2. The van der Waals surface area contributed by atoms with Crippen LogP contribution in [0.4, 0.5) is 5.82 Å². The van der Waals surface area contributed by atoms with Crippen molar-refractivity contribution in [2.45, 2.75) is 44.8 Å². The molecule has 1 amide bonds. The predicted octanol–water partition coefficient (Wildman–Crippen LogP) is 2.20. The van der Waals surface area contributed by atoms with Crippen molar-refractivity contribution in [2.75, 3.05) is 19.0 Å². The molecule has 2 unspecified atom stereocenters. The highest BCUT2D eigenvalue weighted by atomic mass is 16.5. The summed E-state index contributed by atoms with van der Waals surface area (Å²) in [6, 6.07) is 3.96. The molecule has 2 aliphatic carbocycles. The molecule has 2 N–H and O–H groups in total. The lowest BCUT2D eigenvalue weighted by atomic mass is 9.51. The standard InChI is InChI=1S/C16H23N3O2/c1-3-21-13-10-12(16(13)7-5-8-16)19-14-11(15(20)17-2)6-4-9-18-14/h4,6,9,12-13H,3,5,7-8,10H2,1-2H3,(H,17,20)(H,18,19). The molecule has 1 aromatic rings. The molecule has 1 spiro atoms. The lowest BCUT2D eigenvalue weighted by Gasteiger charge is -2.61. The maximum Gasteiger partial charge on any atom is 0.254 e. The third kappa shape index (κ3) is 2.29. The molecule has 1 heterocycles. The SMILES string of the molecule is CCOC1CC(Nc2ncccc2C(=O)NC)C12CCC2. The summed E-state index contributed by atoms with van der Waals surface area (Å²) in [7, 11) is 1.64. The van der Waals surface area contributed by atoms with E-state index >= 15 is 0 Å². The molecule has 5 nitrogen and oxygen atoms in total. The van der Waals surface area contributed by atoms with Gasteiger partial charge in [-0.15, -0.1) is 0 Å². The molecule has 2 aliphatic rings. The monoisotopic (exact) mass is 289 g/mol. The molecule has 0 aliphatic heterocycles. The highest BCUT2D eigenvalue weighted by Crippen LogP contribution is 2.58. The number of hydrogen-bond donors (Lipinski definition) is 2. The number of carbonyl (C=O) groups is 1. The van der Waals surface area contributed by atoms with Gasteiger partial charge in [-0.05, 0) is 38.3 Å². The van der Waals surface area contributed by atoms with Gasteiger partial charge in [0.25, 0.3) is 5.91 Å². The fraction of sp³-hybridized carbons (Fsp3) is 0.625. The molecule has 5 heteroatoms. The van der Waals surface area contributed by atoms with Crippen LogP contribution >= 0.6 is 0 Å². The highest BCUT2D eigenvalue weighted by Gasteiger charge is 2.59. The average Bonchev–Trinajstić information content (AvgIpc) is 2.44. The van der Waals surface area contributed by atoms with Crippen molar-refractivity contribution >= 4 is 11.7 Å². The van der Waals surface area contributed by atoms with Crippen molar-refractivity contribution in [3.8, 4) is 0 Å². The number of aromatic nitrogens is 1. The fourth-order valence-corrected chi connectivity index (χ4v) is 3.64. The first-order chi connectivity index (χ1) is 10.2. The number of anilines is 1. The van der Waals surface area contributed by atoms with Gasteiger partial charge in [0, 0.05) is 31.3 Å². The Labute approximate surface area is 125 Å². The summed E-state index contributed by atoms with van der Waals surface area (Å²) in [6.07, 6.45) is 6.76. The second kappa shape index (κ2) is 5.64. The van der Waals surface area contributed by atoms with Crippen molar-refractivity contribution in [1.29, 1.82) is 0 Å². The van der Waals surface area contributed by atoms with Gasteiger partial charge in [0.1, 0.15) is 5.82 Å². The van der Waals surface area contributed by atoms with Gasteiger partial charge in [-0.25, -0.2) is 4.98 Å². The van der Waals surface area contributed by atoms with Crippen LogP contribution in [0.3, 0.4) is 0 Å².